The molecule has 1 radical (unpaired) electrons. The summed E-state index contributed by atoms with van der Waals surface area (Å²) in [6.45, 7) is 0. The average molecular weight is 402 g/mol. The van der Waals surface area contributed by atoms with E-state index in [-0.39, 0.29) is 14.9 Å². The number of nitrogens with zero attached hydrogens (tertiary/aromatic N) is 1. The molecular weight excluding hydrogens is 393 g/mol. The van der Waals surface area contributed by atoms with Gasteiger partial charge in [0.15, 0.2) is 0 Å². The van der Waals surface area contributed by atoms with Gasteiger partial charge < -0.3 is 0 Å². The molecule has 0 bridgehead atoms. The number of rotatable bonds is 3. The quantitative estimate of drug-likeness (QED) is 0.630. The molecule has 0 N–H and O–H groups in total. The second-order valence-corrected chi connectivity index (χ2v) is 8.66. The molecule has 3 rings (SSSR count). The molecule has 5 nitrogen and oxygen atoms in total. The first-order valence-electron chi connectivity index (χ1n) is 6.12. The van der Waals surface area contributed by atoms with Crippen molar-refractivity contribution in [2.24, 2.45) is 0 Å². The molecule has 0 atom stereocenters. The third-order valence-electron chi connectivity index (χ3n) is 3.18. The van der Waals surface area contributed by atoms with Gasteiger partial charge in [-0.25, -0.2) is 0 Å². The van der Waals surface area contributed by atoms with Crippen molar-refractivity contribution in [3.63, 3.8) is 0 Å². The van der Waals surface area contributed by atoms with E-state index in [2.05, 4.69) is 0 Å². The van der Waals surface area contributed by atoms with E-state index in [1.165, 1.54) is 30.3 Å². The van der Waals surface area contributed by atoms with Crippen molar-refractivity contribution in [3.05, 3.63) is 59.8 Å². The Morgan fingerprint density at radius 3 is 2.32 bits per heavy atom. The standard InChI is InChI=1S/C14H9ClNO4SSe/c15-10-6-7-12-13(8-10)16(9-14(12)22(19)20)21(17,18)11-4-2-1-3-5-11/h1-9H. The summed E-state index contributed by atoms with van der Waals surface area (Å²) in [6.07, 6.45) is 1.13. The van der Waals surface area contributed by atoms with Crippen LogP contribution in [0.25, 0.3) is 10.9 Å². The van der Waals surface area contributed by atoms with Gasteiger partial charge in [-0.3, -0.25) is 0 Å². The summed E-state index contributed by atoms with van der Waals surface area (Å²) < 4.78 is 49.3. The molecule has 8 heteroatoms. The van der Waals surface area contributed by atoms with Crippen molar-refractivity contribution in [2.75, 3.05) is 0 Å². The number of hydrogen-bond acceptors (Lipinski definition) is 4. The van der Waals surface area contributed by atoms with Crippen LogP contribution >= 0.6 is 11.6 Å². The van der Waals surface area contributed by atoms with Crippen LogP contribution in [0.4, 0.5) is 0 Å². The van der Waals surface area contributed by atoms with E-state index in [1.54, 1.807) is 18.2 Å². The van der Waals surface area contributed by atoms with Gasteiger partial charge in [-0.05, 0) is 0 Å². The van der Waals surface area contributed by atoms with E-state index in [0.29, 0.717) is 10.4 Å². The van der Waals surface area contributed by atoms with Crippen molar-refractivity contribution >= 4 is 50.8 Å². The van der Waals surface area contributed by atoms with Crippen LogP contribution in [-0.4, -0.2) is 26.2 Å². The zero-order valence-electron chi connectivity index (χ0n) is 11.0. The van der Waals surface area contributed by atoms with Crippen LogP contribution in [0.15, 0.2) is 59.6 Å². The Morgan fingerprint density at radius 1 is 1.00 bits per heavy atom. The minimum atomic E-state index is -3.89. The summed E-state index contributed by atoms with van der Waals surface area (Å²) >= 11 is 2.39. The van der Waals surface area contributed by atoms with E-state index in [4.69, 9.17) is 11.6 Å². The van der Waals surface area contributed by atoms with Gasteiger partial charge in [-0.1, -0.05) is 0 Å². The summed E-state index contributed by atoms with van der Waals surface area (Å²) in [5.74, 6) is 0. The molecule has 0 saturated carbocycles. The molecule has 113 valence electrons. The topological polar surface area (TPSA) is 73.2 Å². The molecule has 22 heavy (non-hydrogen) atoms. The summed E-state index contributed by atoms with van der Waals surface area (Å²) in [5.41, 5.74) is 0.242. The number of fused-ring (bicyclic) bond motifs is 1. The predicted molar refractivity (Wildman–Crippen MR) is 82.7 cm³/mol. The molecule has 0 amide bonds. The first kappa shape index (κ1) is 15.2. The normalized spacial score (nSPS) is 11.7. The monoisotopic (exact) mass is 402 g/mol. The Morgan fingerprint density at radius 2 is 1.68 bits per heavy atom. The van der Waals surface area contributed by atoms with Gasteiger partial charge in [-0.15, -0.1) is 0 Å². The molecule has 3 aromatic rings. The van der Waals surface area contributed by atoms with Crippen molar-refractivity contribution < 1.29 is 16.1 Å². The van der Waals surface area contributed by atoms with E-state index < -0.39 is 23.8 Å². The molecule has 0 aliphatic carbocycles. The van der Waals surface area contributed by atoms with Gasteiger partial charge in [0.25, 0.3) is 0 Å². The van der Waals surface area contributed by atoms with Crippen LogP contribution < -0.4 is 4.46 Å². The van der Waals surface area contributed by atoms with Crippen LogP contribution in [0.3, 0.4) is 0 Å². The van der Waals surface area contributed by atoms with Crippen LogP contribution in [0.5, 0.6) is 0 Å². The molecular formula is C14H9ClNO4SSe. The third-order valence-corrected chi connectivity index (χ3v) is 6.54. The van der Waals surface area contributed by atoms with Crippen LogP contribution in [0, 0.1) is 0 Å². The van der Waals surface area contributed by atoms with E-state index >= 15 is 0 Å². The molecule has 0 fully saturated rings. The van der Waals surface area contributed by atoms with Gasteiger partial charge in [0.05, 0.1) is 0 Å². The van der Waals surface area contributed by atoms with Crippen LogP contribution in [0.2, 0.25) is 5.02 Å². The Kier molecular flexibility index (Phi) is 3.82. The molecule has 2 aromatic carbocycles. The second-order valence-electron chi connectivity index (χ2n) is 4.50. The molecule has 1 heterocycles. The maximum atomic E-state index is 12.7. The SMILES string of the molecule is O=[Se](=O)c1cn(S(=O)(=O)c2ccccc2)c2cc(Cl)ccc12. The van der Waals surface area contributed by atoms with Gasteiger partial charge in [-0.2, -0.15) is 0 Å². The van der Waals surface area contributed by atoms with E-state index in [9.17, 15) is 16.1 Å². The predicted octanol–water partition coefficient (Wildman–Crippen LogP) is 2.09. The maximum absolute atomic E-state index is 12.7. The van der Waals surface area contributed by atoms with Crippen LogP contribution in [-0.2, 0) is 17.7 Å². The fourth-order valence-corrected chi connectivity index (χ4v) is 5.02. The number of halogens is 1. The van der Waals surface area contributed by atoms with Crippen molar-refractivity contribution in [3.8, 4) is 0 Å². The van der Waals surface area contributed by atoms with E-state index in [0.717, 1.165) is 10.2 Å². The Bertz CT molecular complexity index is 1030. The molecule has 0 saturated heterocycles. The van der Waals surface area contributed by atoms with Gasteiger partial charge in [0.2, 0.25) is 0 Å². The number of hydrogen-bond donors (Lipinski definition) is 0. The fourth-order valence-electron chi connectivity index (χ4n) is 2.18. The summed E-state index contributed by atoms with van der Waals surface area (Å²) in [7, 11) is -3.89. The minimum absolute atomic E-state index is 0.00572. The fraction of sp³-hybridized carbons (Fsp3) is 0. The third kappa shape index (κ3) is 2.46. The van der Waals surface area contributed by atoms with Gasteiger partial charge in [0, 0.05) is 0 Å². The zero-order valence-corrected chi connectivity index (χ0v) is 14.3. The summed E-state index contributed by atoms with van der Waals surface area (Å²) in [5, 5.41) is 0.675. The molecule has 1 aromatic heterocycles. The molecule has 0 spiro atoms. The van der Waals surface area contributed by atoms with Crippen LogP contribution in [0.1, 0.15) is 0 Å². The molecule has 0 aliphatic rings. The molecule has 0 unspecified atom stereocenters. The van der Waals surface area contributed by atoms with Crippen molar-refractivity contribution in [1.29, 1.82) is 0 Å². The Balaban J connectivity index is 2.39. The Hall–Kier alpha value is -1.66. The van der Waals surface area contributed by atoms with E-state index in [1.807, 2.05) is 0 Å². The Labute approximate surface area is 135 Å². The molecule has 0 aliphatic heterocycles. The number of benzene rings is 2. The van der Waals surface area contributed by atoms with Crippen molar-refractivity contribution in [2.45, 2.75) is 4.90 Å². The number of aromatic nitrogens is 1. The van der Waals surface area contributed by atoms with Crippen molar-refractivity contribution in [1.82, 2.24) is 3.97 Å². The second kappa shape index (κ2) is 5.52. The zero-order chi connectivity index (χ0) is 15.9. The first-order valence-corrected chi connectivity index (χ1v) is 10.2. The summed E-state index contributed by atoms with van der Waals surface area (Å²) in [4.78, 5) is 0.0757. The van der Waals surface area contributed by atoms with Gasteiger partial charge >= 0.3 is 135 Å². The van der Waals surface area contributed by atoms with Gasteiger partial charge in [0.1, 0.15) is 0 Å². The average Bonchev–Trinajstić information content (AvgIpc) is 2.87. The summed E-state index contributed by atoms with van der Waals surface area (Å²) in [6, 6.07) is 12.3. The first-order chi connectivity index (χ1) is 10.4.